The molecule has 0 saturated carbocycles. The summed E-state index contributed by atoms with van der Waals surface area (Å²) in [6.45, 7) is 6.37. The normalized spacial score (nSPS) is 21.1. The van der Waals surface area contributed by atoms with E-state index in [1.165, 1.54) is 21.9 Å². The van der Waals surface area contributed by atoms with Crippen LogP contribution < -0.4 is 5.32 Å². The number of hydrogen-bond acceptors (Lipinski definition) is 6. The van der Waals surface area contributed by atoms with Gasteiger partial charge in [0.1, 0.15) is 17.8 Å². The number of carbonyl (C=O) groups excluding carboxylic acids is 3. The molecule has 4 rings (SSSR count). The lowest BCUT2D eigenvalue weighted by molar-refractivity contribution is -0.265. The van der Waals surface area contributed by atoms with Crippen LogP contribution >= 0.6 is 0 Å². The van der Waals surface area contributed by atoms with Crippen LogP contribution in [0.5, 0.6) is 5.75 Å². The highest BCUT2D eigenvalue weighted by atomic mass is 16.7. The molecule has 232 valence electrons. The van der Waals surface area contributed by atoms with Gasteiger partial charge in [-0.05, 0) is 42.0 Å². The first-order valence-corrected chi connectivity index (χ1v) is 15.0. The zero-order valence-electron chi connectivity index (χ0n) is 25.0. The average Bonchev–Trinajstić information content (AvgIpc) is 2.97. The van der Waals surface area contributed by atoms with Crippen molar-refractivity contribution in [2.45, 2.75) is 83.6 Å². The van der Waals surface area contributed by atoms with Gasteiger partial charge in [0, 0.05) is 19.4 Å². The molecule has 4 atom stereocenters. The molecule has 3 N–H and O–H groups in total. The molecule has 11 nitrogen and oxygen atoms in total. The molecular weight excluding hydrogens is 552 g/mol. The molecular formula is C32H42N4O7. The Morgan fingerprint density at radius 3 is 2.28 bits per heavy atom. The van der Waals surface area contributed by atoms with Gasteiger partial charge in [-0.25, -0.2) is 4.79 Å². The summed E-state index contributed by atoms with van der Waals surface area (Å²) in [5.41, 5.74) is 1.45. The predicted octanol–water partition coefficient (Wildman–Crippen LogP) is 3.56. The van der Waals surface area contributed by atoms with E-state index in [1.54, 1.807) is 12.1 Å². The lowest BCUT2D eigenvalue weighted by atomic mass is 9.95. The van der Waals surface area contributed by atoms with Gasteiger partial charge in [-0.2, -0.15) is 5.06 Å². The summed E-state index contributed by atoms with van der Waals surface area (Å²) in [4.78, 5) is 62.9. The number of piperazine rings is 1. The second-order valence-electron chi connectivity index (χ2n) is 11.6. The number of hydroxylamine groups is 2. The zero-order chi connectivity index (χ0) is 31.1. The van der Waals surface area contributed by atoms with Crippen molar-refractivity contribution in [3.8, 4) is 5.75 Å². The van der Waals surface area contributed by atoms with Gasteiger partial charge in [-0.1, -0.05) is 76.1 Å². The maximum atomic E-state index is 14.3. The largest absolute Gasteiger partial charge is 0.508 e. The Labute approximate surface area is 252 Å². The molecule has 2 fully saturated rings. The molecule has 2 saturated heterocycles. The summed E-state index contributed by atoms with van der Waals surface area (Å²) in [5, 5.41) is 23.7. The van der Waals surface area contributed by atoms with Gasteiger partial charge in [0.05, 0.1) is 6.54 Å². The Kier molecular flexibility index (Phi) is 10.6. The quantitative estimate of drug-likeness (QED) is 0.341. The fourth-order valence-corrected chi connectivity index (χ4v) is 5.65. The molecule has 2 aliphatic heterocycles. The van der Waals surface area contributed by atoms with Crippen LogP contribution in [0.3, 0.4) is 0 Å². The molecule has 2 heterocycles. The lowest BCUT2D eigenvalue weighted by Gasteiger charge is -2.53. The van der Waals surface area contributed by atoms with Gasteiger partial charge in [-0.3, -0.25) is 19.2 Å². The van der Waals surface area contributed by atoms with E-state index in [0.29, 0.717) is 30.9 Å². The molecule has 0 radical (unpaired) electrons. The highest BCUT2D eigenvalue weighted by Crippen LogP contribution is 2.32. The number of unbranched alkanes of at least 4 members (excludes halogenated alkanes) is 1. The maximum absolute atomic E-state index is 14.3. The summed E-state index contributed by atoms with van der Waals surface area (Å²) in [6, 6.07) is 13.5. The van der Waals surface area contributed by atoms with Crippen molar-refractivity contribution in [3.05, 3.63) is 65.7 Å². The Balaban J connectivity index is 1.71. The number of aromatic hydroxyl groups is 1. The molecule has 43 heavy (non-hydrogen) atoms. The van der Waals surface area contributed by atoms with E-state index >= 15 is 0 Å². The van der Waals surface area contributed by atoms with Crippen LogP contribution in [0.15, 0.2) is 54.6 Å². The Bertz CT molecular complexity index is 1270. The van der Waals surface area contributed by atoms with Crippen molar-refractivity contribution in [1.82, 2.24) is 20.2 Å². The van der Waals surface area contributed by atoms with E-state index in [-0.39, 0.29) is 31.0 Å². The van der Waals surface area contributed by atoms with Gasteiger partial charge in [-0.15, -0.1) is 0 Å². The number of fused-ring (bicyclic) bond motifs is 1. The van der Waals surface area contributed by atoms with Crippen LogP contribution in [0.1, 0.15) is 57.6 Å². The summed E-state index contributed by atoms with van der Waals surface area (Å²) in [7, 11) is 0. The monoisotopic (exact) mass is 594 g/mol. The third-order valence-electron chi connectivity index (χ3n) is 7.98. The standard InChI is InChI=1S/C32H42N4O7/c1-4-5-11-25(29(38)33-17-16-21(2)3)34-20-28-35(26(30(34)39)18-23-12-14-24(37)15-13-23)31(40)27(43-36(28)32(41)42)19-22-9-7-6-8-10-22/h6-10,12-15,21,25-28,37H,4-5,11,16-20H2,1-3H3,(H,33,38)(H,41,42). The van der Waals surface area contributed by atoms with E-state index in [9.17, 15) is 29.4 Å². The third kappa shape index (κ3) is 7.64. The predicted molar refractivity (Wildman–Crippen MR) is 159 cm³/mol. The van der Waals surface area contributed by atoms with Gasteiger partial charge in [0.15, 0.2) is 12.3 Å². The molecule has 0 bridgehead atoms. The molecule has 4 unspecified atom stereocenters. The van der Waals surface area contributed by atoms with Crippen LogP contribution in [0.25, 0.3) is 0 Å². The van der Waals surface area contributed by atoms with Crippen molar-refractivity contribution in [3.63, 3.8) is 0 Å². The number of benzene rings is 2. The van der Waals surface area contributed by atoms with E-state index in [1.807, 2.05) is 37.3 Å². The van der Waals surface area contributed by atoms with Gasteiger partial charge < -0.3 is 25.3 Å². The number of nitrogens with one attached hydrogen (secondary N) is 1. The van der Waals surface area contributed by atoms with E-state index in [4.69, 9.17) is 4.84 Å². The van der Waals surface area contributed by atoms with Crippen LogP contribution in [0.2, 0.25) is 0 Å². The van der Waals surface area contributed by atoms with Crippen molar-refractivity contribution >= 4 is 23.8 Å². The van der Waals surface area contributed by atoms with E-state index in [0.717, 1.165) is 23.5 Å². The lowest BCUT2D eigenvalue weighted by Crippen LogP contribution is -2.75. The molecule has 0 spiro atoms. The highest BCUT2D eigenvalue weighted by molar-refractivity contribution is 5.95. The molecule has 2 aromatic carbocycles. The molecule has 4 amide bonds. The van der Waals surface area contributed by atoms with Gasteiger partial charge in [0.2, 0.25) is 11.8 Å². The number of phenols is 1. The molecule has 0 aromatic heterocycles. The number of hydrogen-bond donors (Lipinski definition) is 3. The first kappa shape index (κ1) is 31.8. The number of phenolic OH excluding ortho intramolecular Hbond substituents is 1. The summed E-state index contributed by atoms with van der Waals surface area (Å²) >= 11 is 0. The number of carbonyl (C=O) groups is 4. The van der Waals surface area contributed by atoms with Crippen LogP contribution in [0.4, 0.5) is 4.79 Å². The number of amides is 4. The van der Waals surface area contributed by atoms with E-state index in [2.05, 4.69) is 19.2 Å². The minimum Gasteiger partial charge on any atom is -0.508 e. The first-order chi connectivity index (χ1) is 20.6. The fraction of sp³-hybridized carbons (Fsp3) is 0.500. The van der Waals surface area contributed by atoms with Crippen molar-refractivity contribution in [1.29, 1.82) is 0 Å². The van der Waals surface area contributed by atoms with Crippen molar-refractivity contribution in [2.24, 2.45) is 5.92 Å². The van der Waals surface area contributed by atoms with Gasteiger partial charge in [0.25, 0.3) is 5.91 Å². The second-order valence-corrected chi connectivity index (χ2v) is 11.6. The number of carboxylic acid groups (broad SMARTS) is 1. The SMILES string of the molecule is CCCCC(C(=O)NCCC(C)C)N1CC2N(C(=O)O)OC(Cc3ccccc3)C(=O)N2C(Cc2ccc(O)cc2)C1=O. The molecule has 2 aromatic rings. The number of nitrogens with zero attached hydrogens (tertiary/aromatic N) is 3. The summed E-state index contributed by atoms with van der Waals surface area (Å²) < 4.78 is 0. The van der Waals surface area contributed by atoms with Crippen LogP contribution in [-0.2, 0) is 32.1 Å². The van der Waals surface area contributed by atoms with Crippen LogP contribution in [-0.4, -0.2) is 86.3 Å². The average molecular weight is 595 g/mol. The van der Waals surface area contributed by atoms with Gasteiger partial charge >= 0.3 is 6.09 Å². The minimum absolute atomic E-state index is 0.0540. The Morgan fingerprint density at radius 1 is 0.977 bits per heavy atom. The van der Waals surface area contributed by atoms with Crippen LogP contribution in [0, 0.1) is 5.92 Å². The Morgan fingerprint density at radius 2 is 1.65 bits per heavy atom. The highest BCUT2D eigenvalue weighted by Gasteiger charge is 2.54. The number of rotatable bonds is 12. The Hall–Kier alpha value is -4.12. The summed E-state index contributed by atoms with van der Waals surface area (Å²) in [5.74, 6) is -0.782. The fourth-order valence-electron chi connectivity index (χ4n) is 5.65. The molecule has 11 heteroatoms. The molecule has 2 aliphatic rings. The van der Waals surface area contributed by atoms with Crippen molar-refractivity contribution < 1.29 is 34.2 Å². The maximum Gasteiger partial charge on any atom is 0.433 e. The minimum atomic E-state index is -1.40. The molecule has 0 aliphatic carbocycles. The topological polar surface area (TPSA) is 140 Å². The summed E-state index contributed by atoms with van der Waals surface area (Å²) in [6.07, 6.45) is -0.868. The van der Waals surface area contributed by atoms with E-state index < -0.39 is 42.3 Å². The van der Waals surface area contributed by atoms with Crippen molar-refractivity contribution in [2.75, 3.05) is 13.1 Å². The zero-order valence-corrected chi connectivity index (χ0v) is 25.0. The first-order valence-electron chi connectivity index (χ1n) is 15.0. The smallest absolute Gasteiger partial charge is 0.433 e. The third-order valence-corrected chi connectivity index (χ3v) is 7.98. The second kappa shape index (κ2) is 14.4.